The van der Waals surface area contributed by atoms with Gasteiger partial charge in [-0.3, -0.25) is 0 Å². The van der Waals surface area contributed by atoms with Crippen LogP contribution in [0.3, 0.4) is 0 Å². The highest BCUT2D eigenvalue weighted by Gasteiger charge is 2.08. The van der Waals surface area contributed by atoms with E-state index in [1.54, 1.807) is 0 Å². The van der Waals surface area contributed by atoms with E-state index in [4.69, 9.17) is 4.52 Å². The average molecular weight is 271 g/mol. The van der Waals surface area contributed by atoms with Crippen molar-refractivity contribution in [3.8, 4) is 0 Å². The summed E-state index contributed by atoms with van der Waals surface area (Å²) in [5, 5.41) is 14.3. The van der Waals surface area contributed by atoms with Crippen LogP contribution in [0.2, 0.25) is 0 Å². The second kappa shape index (κ2) is 5.46. The fourth-order valence-corrected chi connectivity index (χ4v) is 2.29. The number of hydrogen-bond acceptors (Lipinski definition) is 4. The highest BCUT2D eigenvalue weighted by Crippen LogP contribution is 2.19. The molecular weight excluding hydrogens is 254 g/mol. The molecule has 0 fully saturated rings. The fraction of sp³-hybridized carbons (Fsp3) is 0.333. The van der Waals surface area contributed by atoms with Gasteiger partial charge >= 0.3 is 0 Å². The zero-order valence-electron chi connectivity index (χ0n) is 11.4. The number of hydrogen-bond donors (Lipinski definition) is 1. The topological polar surface area (TPSA) is 64.1 Å². The first-order chi connectivity index (χ1) is 9.80. The van der Waals surface area contributed by atoms with Crippen LogP contribution in [0.5, 0.6) is 0 Å². The van der Waals surface area contributed by atoms with Crippen LogP contribution in [0.15, 0.2) is 35.0 Å². The summed E-state index contributed by atoms with van der Waals surface area (Å²) in [5.41, 5.74) is 1.96. The summed E-state index contributed by atoms with van der Waals surface area (Å²) in [6.45, 7) is 2.68. The molecule has 104 valence electrons. The standard InChI is InChI=1S/C15H17N3O2/c1-2-3-14-16-15(20-17-14)9-18-7-6-12-5-4-11(10-19)8-13(12)18/h4-8,19H,2-3,9-10H2,1H3. The van der Waals surface area contributed by atoms with E-state index < -0.39 is 0 Å². The van der Waals surface area contributed by atoms with Gasteiger partial charge in [0.15, 0.2) is 5.82 Å². The fourth-order valence-electron chi connectivity index (χ4n) is 2.29. The lowest BCUT2D eigenvalue weighted by atomic mass is 10.2. The first-order valence-electron chi connectivity index (χ1n) is 6.80. The second-order valence-corrected chi connectivity index (χ2v) is 4.85. The number of aliphatic hydroxyl groups is 1. The molecule has 1 aromatic carbocycles. The lowest BCUT2D eigenvalue weighted by molar-refractivity contribution is 0.282. The highest BCUT2D eigenvalue weighted by molar-refractivity contribution is 5.80. The first kappa shape index (κ1) is 12.9. The Morgan fingerprint density at radius 2 is 2.20 bits per heavy atom. The van der Waals surface area contributed by atoms with Crippen molar-refractivity contribution in [2.24, 2.45) is 0 Å². The van der Waals surface area contributed by atoms with E-state index in [0.717, 1.165) is 35.1 Å². The van der Waals surface area contributed by atoms with Gasteiger partial charge in [0, 0.05) is 18.1 Å². The van der Waals surface area contributed by atoms with E-state index in [2.05, 4.69) is 21.6 Å². The zero-order valence-corrected chi connectivity index (χ0v) is 11.4. The van der Waals surface area contributed by atoms with Gasteiger partial charge < -0.3 is 14.2 Å². The summed E-state index contributed by atoms with van der Waals surface area (Å²) in [7, 11) is 0. The first-order valence-corrected chi connectivity index (χ1v) is 6.80. The molecule has 0 saturated carbocycles. The minimum atomic E-state index is 0.0440. The Morgan fingerprint density at radius 1 is 1.30 bits per heavy atom. The maximum Gasteiger partial charge on any atom is 0.246 e. The predicted octanol–water partition coefficient (Wildman–Crippen LogP) is 2.52. The molecule has 3 rings (SSSR count). The van der Waals surface area contributed by atoms with Crippen molar-refractivity contribution in [2.45, 2.75) is 32.9 Å². The predicted molar refractivity (Wildman–Crippen MR) is 75.3 cm³/mol. The van der Waals surface area contributed by atoms with Crippen LogP contribution >= 0.6 is 0 Å². The van der Waals surface area contributed by atoms with Crippen molar-refractivity contribution >= 4 is 10.9 Å². The molecular formula is C15H17N3O2. The molecule has 0 atom stereocenters. The van der Waals surface area contributed by atoms with Gasteiger partial charge in [0.05, 0.1) is 6.61 Å². The maximum atomic E-state index is 9.23. The maximum absolute atomic E-state index is 9.23. The molecule has 1 N–H and O–H groups in total. The van der Waals surface area contributed by atoms with Crippen LogP contribution in [0.1, 0.15) is 30.6 Å². The van der Waals surface area contributed by atoms with E-state index in [0.29, 0.717) is 12.4 Å². The normalized spacial score (nSPS) is 11.3. The molecule has 2 aromatic heterocycles. The number of aliphatic hydroxyl groups excluding tert-OH is 1. The van der Waals surface area contributed by atoms with Crippen LogP contribution in [-0.2, 0) is 19.6 Å². The Balaban J connectivity index is 1.89. The van der Waals surface area contributed by atoms with Crippen molar-refractivity contribution in [3.63, 3.8) is 0 Å². The summed E-state index contributed by atoms with van der Waals surface area (Å²) in [4.78, 5) is 4.38. The molecule has 0 aliphatic rings. The van der Waals surface area contributed by atoms with E-state index in [1.807, 2.05) is 30.5 Å². The van der Waals surface area contributed by atoms with Crippen molar-refractivity contribution in [1.29, 1.82) is 0 Å². The SMILES string of the molecule is CCCc1noc(Cn2ccc3ccc(CO)cc32)n1. The molecule has 2 heterocycles. The second-order valence-electron chi connectivity index (χ2n) is 4.85. The molecule has 0 aliphatic heterocycles. The van der Waals surface area contributed by atoms with Gasteiger partial charge in [-0.2, -0.15) is 4.98 Å². The molecule has 0 aliphatic carbocycles. The van der Waals surface area contributed by atoms with Crippen LogP contribution < -0.4 is 0 Å². The quantitative estimate of drug-likeness (QED) is 0.774. The molecule has 0 amide bonds. The Kier molecular flexibility index (Phi) is 3.52. The number of benzene rings is 1. The number of aryl methyl sites for hydroxylation is 1. The van der Waals surface area contributed by atoms with Gasteiger partial charge in [0.25, 0.3) is 0 Å². The largest absolute Gasteiger partial charge is 0.392 e. The Morgan fingerprint density at radius 3 is 3.00 bits per heavy atom. The van der Waals surface area contributed by atoms with E-state index >= 15 is 0 Å². The number of rotatable bonds is 5. The monoisotopic (exact) mass is 271 g/mol. The van der Waals surface area contributed by atoms with Crippen LogP contribution in [-0.4, -0.2) is 19.8 Å². The molecule has 5 nitrogen and oxygen atoms in total. The average Bonchev–Trinajstić information content (AvgIpc) is 3.07. The van der Waals surface area contributed by atoms with Gasteiger partial charge in [-0.25, -0.2) is 0 Å². The van der Waals surface area contributed by atoms with Gasteiger partial charge in [0.2, 0.25) is 5.89 Å². The third-order valence-corrected chi connectivity index (χ3v) is 3.31. The third kappa shape index (κ3) is 2.44. The van der Waals surface area contributed by atoms with Crippen molar-refractivity contribution < 1.29 is 9.63 Å². The van der Waals surface area contributed by atoms with Gasteiger partial charge in [-0.05, 0) is 29.5 Å². The van der Waals surface area contributed by atoms with Gasteiger partial charge in [-0.15, -0.1) is 0 Å². The van der Waals surface area contributed by atoms with Gasteiger partial charge in [-0.1, -0.05) is 24.2 Å². The zero-order chi connectivity index (χ0) is 13.9. The molecule has 0 radical (unpaired) electrons. The lowest BCUT2D eigenvalue weighted by Gasteiger charge is -2.03. The van der Waals surface area contributed by atoms with Gasteiger partial charge in [0.1, 0.15) is 6.54 Å². The smallest absolute Gasteiger partial charge is 0.246 e. The molecule has 20 heavy (non-hydrogen) atoms. The molecule has 3 aromatic rings. The summed E-state index contributed by atoms with van der Waals surface area (Å²) < 4.78 is 7.32. The Hall–Kier alpha value is -2.14. The van der Waals surface area contributed by atoms with Crippen molar-refractivity contribution in [3.05, 3.63) is 47.7 Å². The third-order valence-electron chi connectivity index (χ3n) is 3.31. The molecule has 0 bridgehead atoms. The molecule has 5 heteroatoms. The summed E-state index contributed by atoms with van der Waals surface area (Å²) in [5.74, 6) is 1.37. The minimum absolute atomic E-state index is 0.0440. The Bertz CT molecular complexity index is 715. The van der Waals surface area contributed by atoms with Crippen molar-refractivity contribution in [1.82, 2.24) is 14.7 Å². The Labute approximate surface area is 116 Å². The van der Waals surface area contributed by atoms with E-state index in [9.17, 15) is 5.11 Å². The molecule has 0 spiro atoms. The number of fused-ring (bicyclic) bond motifs is 1. The number of nitrogens with zero attached hydrogens (tertiary/aromatic N) is 3. The van der Waals surface area contributed by atoms with Crippen LogP contribution in [0.25, 0.3) is 10.9 Å². The molecule has 0 unspecified atom stereocenters. The summed E-state index contributed by atoms with van der Waals surface area (Å²) in [6.07, 6.45) is 3.84. The highest BCUT2D eigenvalue weighted by atomic mass is 16.5. The van der Waals surface area contributed by atoms with E-state index in [-0.39, 0.29) is 6.61 Å². The summed E-state index contributed by atoms with van der Waals surface area (Å²) in [6, 6.07) is 7.96. The van der Waals surface area contributed by atoms with E-state index in [1.165, 1.54) is 0 Å². The van der Waals surface area contributed by atoms with Crippen LogP contribution in [0.4, 0.5) is 0 Å². The molecule has 0 saturated heterocycles. The lowest BCUT2D eigenvalue weighted by Crippen LogP contribution is -1.99. The van der Waals surface area contributed by atoms with Crippen molar-refractivity contribution in [2.75, 3.05) is 0 Å². The number of aromatic nitrogens is 3. The minimum Gasteiger partial charge on any atom is -0.392 e. The van der Waals surface area contributed by atoms with Crippen LogP contribution in [0, 0.1) is 0 Å². The summed E-state index contributed by atoms with van der Waals surface area (Å²) >= 11 is 0.